The van der Waals surface area contributed by atoms with Gasteiger partial charge in [0.15, 0.2) is 5.13 Å². The molecular weight excluding hydrogens is 378 g/mol. The maximum absolute atomic E-state index is 12.3. The normalized spacial score (nSPS) is 15.6. The predicted octanol–water partition coefficient (Wildman–Crippen LogP) is 2.95. The summed E-state index contributed by atoms with van der Waals surface area (Å²) < 4.78 is 26.1. The Labute approximate surface area is 155 Å². The fraction of sp³-hybridized carbons (Fsp3) is 0.375. The standard InChI is InChI=1S/C16H19N3O3S3/c1-11(2)25(21,22)19-8-7-13-14(10-19)24-16(17-13)18-15(20)6-5-12-4-3-9-23-12/h3-6,9,11H,7-8,10H2,1-2H3,(H,17,18,20)/b6-5+. The smallest absolute Gasteiger partial charge is 0.250 e. The number of nitrogens with zero attached hydrogens (tertiary/aromatic N) is 2. The molecule has 0 saturated heterocycles. The number of sulfonamides is 1. The molecular formula is C16H19N3O3S3. The van der Waals surface area contributed by atoms with E-state index in [9.17, 15) is 13.2 Å². The maximum atomic E-state index is 12.3. The summed E-state index contributed by atoms with van der Waals surface area (Å²) in [6.07, 6.45) is 3.80. The molecule has 1 aliphatic rings. The monoisotopic (exact) mass is 397 g/mol. The van der Waals surface area contributed by atoms with Crippen LogP contribution in [-0.4, -0.2) is 35.4 Å². The van der Waals surface area contributed by atoms with Gasteiger partial charge >= 0.3 is 0 Å². The van der Waals surface area contributed by atoms with Gasteiger partial charge in [0.05, 0.1) is 10.9 Å². The minimum atomic E-state index is -3.28. The Balaban J connectivity index is 1.67. The number of thiazole rings is 1. The molecule has 1 aliphatic heterocycles. The third kappa shape index (κ3) is 4.17. The lowest BCUT2D eigenvalue weighted by Gasteiger charge is -2.26. The number of carbonyl (C=O) groups excluding carboxylic acids is 1. The van der Waals surface area contributed by atoms with Gasteiger partial charge in [-0.15, -0.1) is 22.7 Å². The molecule has 2 aromatic heterocycles. The van der Waals surface area contributed by atoms with Gasteiger partial charge in [-0.1, -0.05) is 6.07 Å². The van der Waals surface area contributed by atoms with Crippen LogP contribution < -0.4 is 5.32 Å². The Bertz CT molecular complexity index is 883. The number of aromatic nitrogens is 1. The van der Waals surface area contributed by atoms with E-state index in [1.165, 1.54) is 21.7 Å². The van der Waals surface area contributed by atoms with Gasteiger partial charge in [-0.25, -0.2) is 13.4 Å². The van der Waals surface area contributed by atoms with E-state index in [1.54, 1.807) is 31.3 Å². The van der Waals surface area contributed by atoms with Crippen LogP contribution in [-0.2, 0) is 27.8 Å². The topological polar surface area (TPSA) is 79.4 Å². The van der Waals surface area contributed by atoms with E-state index < -0.39 is 15.3 Å². The zero-order valence-corrected chi connectivity index (χ0v) is 16.4. The third-order valence-electron chi connectivity index (χ3n) is 3.82. The first-order valence-electron chi connectivity index (χ1n) is 7.86. The summed E-state index contributed by atoms with van der Waals surface area (Å²) in [5.74, 6) is -0.244. The summed E-state index contributed by atoms with van der Waals surface area (Å²) in [5.41, 5.74) is 0.873. The van der Waals surface area contributed by atoms with Gasteiger partial charge in [0.2, 0.25) is 15.9 Å². The SMILES string of the molecule is CC(C)S(=O)(=O)N1CCc2nc(NC(=O)/C=C/c3cccs3)sc2C1. The van der Waals surface area contributed by atoms with Crippen molar-refractivity contribution in [1.29, 1.82) is 0 Å². The highest BCUT2D eigenvalue weighted by Gasteiger charge is 2.31. The van der Waals surface area contributed by atoms with Crippen molar-refractivity contribution in [2.24, 2.45) is 0 Å². The molecule has 3 heterocycles. The largest absolute Gasteiger partial charge is 0.298 e. The predicted molar refractivity (Wildman–Crippen MR) is 102 cm³/mol. The van der Waals surface area contributed by atoms with Crippen molar-refractivity contribution >= 4 is 49.8 Å². The second-order valence-electron chi connectivity index (χ2n) is 5.90. The lowest BCUT2D eigenvalue weighted by atomic mass is 10.2. The van der Waals surface area contributed by atoms with Gasteiger partial charge in [-0.3, -0.25) is 10.1 Å². The summed E-state index contributed by atoms with van der Waals surface area (Å²) in [5, 5.41) is 4.77. The molecule has 0 saturated carbocycles. The quantitative estimate of drug-likeness (QED) is 0.787. The number of anilines is 1. The van der Waals surface area contributed by atoms with Gasteiger partial charge in [0.1, 0.15) is 0 Å². The summed E-state index contributed by atoms with van der Waals surface area (Å²) >= 11 is 2.89. The molecule has 0 fully saturated rings. The average molecular weight is 398 g/mol. The number of amides is 1. The summed E-state index contributed by atoms with van der Waals surface area (Å²) in [6.45, 7) is 4.13. The van der Waals surface area contributed by atoms with Crippen molar-refractivity contribution in [1.82, 2.24) is 9.29 Å². The number of fused-ring (bicyclic) bond motifs is 1. The van der Waals surface area contributed by atoms with E-state index in [-0.39, 0.29) is 5.91 Å². The molecule has 134 valence electrons. The van der Waals surface area contributed by atoms with Gasteiger partial charge in [-0.2, -0.15) is 4.31 Å². The Morgan fingerprint density at radius 1 is 1.44 bits per heavy atom. The molecule has 0 unspecified atom stereocenters. The number of hydrogen-bond acceptors (Lipinski definition) is 6. The van der Waals surface area contributed by atoms with Gasteiger partial charge in [-0.05, 0) is 31.4 Å². The molecule has 2 aromatic rings. The van der Waals surface area contributed by atoms with Crippen molar-refractivity contribution in [2.75, 3.05) is 11.9 Å². The Hall–Kier alpha value is -1.55. The number of carbonyl (C=O) groups is 1. The van der Waals surface area contributed by atoms with Crippen molar-refractivity contribution in [3.05, 3.63) is 39.0 Å². The second kappa shape index (κ2) is 7.36. The molecule has 0 bridgehead atoms. The number of nitrogens with one attached hydrogen (secondary N) is 1. The van der Waals surface area contributed by atoms with Crippen molar-refractivity contribution in [3.63, 3.8) is 0 Å². The van der Waals surface area contributed by atoms with Crippen LogP contribution in [0.3, 0.4) is 0 Å². The van der Waals surface area contributed by atoms with E-state index in [0.29, 0.717) is 24.6 Å². The first-order chi connectivity index (χ1) is 11.9. The molecule has 25 heavy (non-hydrogen) atoms. The molecule has 6 nitrogen and oxygen atoms in total. The van der Waals surface area contributed by atoms with Gasteiger partial charge in [0, 0.05) is 35.3 Å². The minimum absolute atomic E-state index is 0.244. The molecule has 0 aromatic carbocycles. The average Bonchev–Trinajstić information content (AvgIpc) is 3.20. The fourth-order valence-electron chi connectivity index (χ4n) is 2.43. The molecule has 0 spiro atoms. The first kappa shape index (κ1) is 18.2. The van der Waals surface area contributed by atoms with E-state index in [2.05, 4.69) is 10.3 Å². The third-order valence-corrected chi connectivity index (χ3v) is 7.88. The Kier molecular flexibility index (Phi) is 5.38. The summed E-state index contributed by atoms with van der Waals surface area (Å²) in [4.78, 5) is 18.3. The highest BCUT2D eigenvalue weighted by molar-refractivity contribution is 7.89. The zero-order valence-electron chi connectivity index (χ0n) is 13.9. The number of hydrogen-bond donors (Lipinski definition) is 1. The van der Waals surface area contributed by atoms with Gasteiger partial charge < -0.3 is 0 Å². The second-order valence-corrected chi connectivity index (χ2v) is 10.5. The van der Waals surface area contributed by atoms with Crippen molar-refractivity contribution < 1.29 is 13.2 Å². The van der Waals surface area contributed by atoms with Crippen LogP contribution in [0.25, 0.3) is 6.08 Å². The Morgan fingerprint density at radius 3 is 2.92 bits per heavy atom. The lowest BCUT2D eigenvalue weighted by molar-refractivity contribution is -0.111. The van der Waals surface area contributed by atoms with Gasteiger partial charge in [0.25, 0.3) is 0 Å². The van der Waals surface area contributed by atoms with Crippen LogP contribution >= 0.6 is 22.7 Å². The van der Waals surface area contributed by atoms with E-state index >= 15 is 0 Å². The highest BCUT2D eigenvalue weighted by atomic mass is 32.2. The molecule has 1 amide bonds. The van der Waals surface area contributed by atoms with Crippen molar-refractivity contribution in [2.45, 2.75) is 32.1 Å². The fourth-order valence-corrected chi connectivity index (χ4v) is 5.41. The van der Waals surface area contributed by atoms with E-state index in [4.69, 9.17) is 0 Å². The lowest BCUT2D eigenvalue weighted by Crippen LogP contribution is -2.39. The summed E-state index contributed by atoms with van der Waals surface area (Å²) in [6, 6.07) is 3.86. The molecule has 3 rings (SSSR count). The molecule has 0 radical (unpaired) electrons. The highest BCUT2D eigenvalue weighted by Crippen LogP contribution is 2.30. The van der Waals surface area contributed by atoms with Crippen LogP contribution in [0, 0.1) is 0 Å². The first-order valence-corrected chi connectivity index (χ1v) is 11.1. The molecule has 0 aliphatic carbocycles. The van der Waals surface area contributed by atoms with E-state index in [0.717, 1.165) is 15.4 Å². The minimum Gasteiger partial charge on any atom is -0.298 e. The Morgan fingerprint density at radius 2 is 2.24 bits per heavy atom. The van der Waals surface area contributed by atoms with Crippen LogP contribution in [0.5, 0.6) is 0 Å². The number of rotatable bonds is 5. The van der Waals surface area contributed by atoms with Crippen LogP contribution in [0.1, 0.15) is 29.3 Å². The zero-order chi connectivity index (χ0) is 18.0. The van der Waals surface area contributed by atoms with Crippen LogP contribution in [0.4, 0.5) is 5.13 Å². The van der Waals surface area contributed by atoms with E-state index in [1.807, 2.05) is 17.5 Å². The van der Waals surface area contributed by atoms with Crippen LogP contribution in [0.15, 0.2) is 23.6 Å². The number of thiophene rings is 1. The molecule has 1 N–H and O–H groups in total. The maximum Gasteiger partial charge on any atom is 0.250 e. The van der Waals surface area contributed by atoms with Crippen molar-refractivity contribution in [3.8, 4) is 0 Å². The van der Waals surface area contributed by atoms with Crippen LogP contribution in [0.2, 0.25) is 0 Å². The molecule has 0 atom stereocenters. The molecule has 9 heteroatoms. The summed E-state index contributed by atoms with van der Waals surface area (Å²) in [7, 11) is -3.28.